The van der Waals surface area contributed by atoms with Crippen molar-refractivity contribution in [2.75, 3.05) is 12.4 Å². The zero-order valence-electron chi connectivity index (χ0n) is 15.9. The highest BCUT2D eigenvalue weighted by Gasteiger charge is 2.07. The van der Waals surface area contributed by atoms with Gasteiger partial charge in [-0.3, -0.25) is 9.78 Å². The lowest BCUT2D eigenvalue weighted by Gasteiger charge is -2.10. The summed E-state index contributed by atoms with van der Waals surface area (Å²) in [6.45, 7) is 0.420. The molecule has 0 saturated heterocycles. The van der Waals surface area contributed by atoms with Crippen molar-refractivity contribution in [3.05, 3.63) is 90.1 Å². The SMILES string of the molecule is COc1cccc(CNC(=O)c2cccc(Nc3cnc4ccccc4n3)c2)c1. The Morgan fingerprint density at radius 1 is 0.966 bits per heavy atom. The van der Waals surface area contributed by atoms with Crippen LogP contribution >= 0.6 is 0 Å². The van der Waals surface area contributed by atoms with Gasteiger partial charge in [0.2, 0.25) is 0 Å². The van der Waals surface area contributed by atoms with Crippen molar-refractivity contribution in [3.63, 3.8) is 0 Å². The number of methoxy groups -OCH3 is 1. The molecule has 6 heteroatoms. The molecule has 1 amide bonds. The Hall–Kier alpha value is -3.93. The van der Waals surface area contributed by atoms with Crippen LogP contribution in [-0.2, 0) is 6.54 Å². The first-order valence-electron chi connectivity index (χ1n) is 9.21. The summed E-state index contributed by atoms with van der Waals surface area (Å²) in [5.74, 6) is 1.23. The summed E-state index contributed by atoms with van der Waals surface area (Å²) in [7, 11) is 1.62. The maximum atomic E-state index is 12.6. The molecule has 0 aliphatic heterocycles. The van der Waals surface area contributed by atoms with Gasteiger partial charge in [0, 0.05) is 17.8 Å². The predicted molar refractivity (Wildman–Crippen MR) is 113 cm³/mol. The van der Waals surface area contributed by atoms with Crippen molar-refractivity contribution in [3.8, 4) is 5.75 Å². The number of para-hydroxylation sites is 2. The molecule has 3 aromatic carbocycles. The molecular formula is C23H20N4O2. The van der Waals surface area contributed by atoms with Crippen LogP contribution in [0.4, 0.5) is 11.5 Å². The minimum atomic E-state index is -0.152. The highest BCUT2D eigenvalue weighted by atomic mass is 16.5. The molecule has 0 unspecified atom stereocenters. The number of aromatic nitrogens is 2. The van der Waals surface area contributed by atoms with Gasteiger partial charge < -0.3 is 15.4 Å². The predicted octanol–water partition coefficient (Wildman–Crippen LogP) is 4.31. The van der Waals surface area contributed by atoms with Gasteiger partial charge in [-0.25, -0.2) is 4.98 Å². The van der Waals surface area contributed by atoms with E-state index in [1.165, 1.54) is 0 Å². The monoisotopic (exact) mass is 384 g/mol. The largest absolute Gasteiger partial charge is 0.497 e. The van der Waals surface area contributed by atoms with Crippen molar-refractivity contribution >= 4 is 28.4 Å². The number of amides is 1. The topological polar surface area (TPSA) is 76.1 Å². The van der Waals surface area contributed by atoms with Crippen molar-refractivity contribution < 1.29 is 9.53 Å². The fraction of sp³-hybridized carbons (Fsp3) is 0.0870. The van der Waals surface area contributed by atoms with E-state index in [-0.39, 0.29) is 5.91 Å². The second-order valence-electron chi connectivity index (χ2n) is 6.48. The molecule has 0 spiro atoms. The molecule has 0 radical (unpaired) electrons. The molecule has 0 bridgehead atoms. The zero-order chi connectivity index (χ0) is 20.1. The number of carbonyl (C=O) groups is 1. The second-order valence-corrected chi connectivity index (χ2v) is 6.48. The number of hydrogen-bond acceptors (Lipinski definition) is 5. The van der Waals surface area contributed by atoms with Gasteiger partial charge in [-0.2, -0.15) is 0 Å². The van der Waals surface area contributed by atoms with E-state index in [9.17, 15) is 4.79 Å². The Labute approximate surface area is 168 Å². The molecule has 4 aromatic rings. The molecule has 1 heterocycles. The van der Waals surface area contributed by atoms with Crippen LogP contribution in [0.5, 0.6) is 5.75 Å². The Balaban J connectivity index is 1.45. The van der Waals surface area contributed by atoms with E-state index in [2.05, 4.69) is 20.6 Å². The molecule has 144 valence electrons. The average molecular weight is 384 g/mol. The fourth-order valence-corrected chi connectivity index (χ4v) is 2.97. The highest BCUT2D eigenvalue weighted by molar-refractivity contribution is 5.95. The summed E-state index contributed by atoms with van der Waals surface area (Å²) >= 11 is 0. The minimum absolute atomic E-state index is 0.152. The quantitative estimate of drug-likeness (QED) is 0.518. The highest BCUT2D eigenvalue weighted by Crippen LogP contribution is 2.18. The van der Waals surface area contributed by atoms with Crippen molar-refractivity contribution in [1.82, 2.24) is 15.3 Å². The molecule has 0 saturated carbocycles. The first-order valence-corrected chi connectivity index (χ1v) is 9.21. The Bertz CT molecular complexity index is 1160. The summed E-state index contributed by atoms with van der Waals surface area (Å²) in [6, 6.07) is 22.6. The van der Waals surface area contributed by atoms with E-state index in [1.54, 1.807) is 25.4 Å². The number of fused-ring (bicyclic) bond motifs is 1. The molecule has 29 heavy (non-hydrogen) atoms. The van der Waals surface area contributed by atoms with E-state index < -0.39 is 0 Å². The van der Waals surface area contributed by atoms with Crippen LogP contribution in [-0.4, -0.2) is 23.0 Å². The number of nitrogens with zero attached hydrogens (tertiary/aromatic N) is 2. The number of anilines is 2. The Morgan fingerprint density at radius 3 is 2.66 bits per heavy atom. The molecule has 0 aliphatic carbocycles. The van der Waals surface area contributed by atoms with Crippen molar-refractivity contribution in [1.29, 1.82) is 0 Å². The second kappa shape index (κ2) is 8.39. The summed E-state index contributed by atoms with van der Waals surface area (Å²) in [5, 5.41) is 6.14. The molecule has 0 fully saturated rings. The van der Waals surface area contributed by atoms with Crippen LogP contribution < -0.4 is 15.4 Å². The number of hydrogen-bond donors (Lipinski definition) is 2. The zero-order valence-corrected chi connectivity index (χ0v) is 15.9. The van der Waals surface area contributed by atoms with E-state index in [4.69, 9.17) is 4.74 Å². The molecular weight excluding hydrogens is 364 g/mol. The molecule has 2 N–H and O–H groups in total. The molecule has 1 aromatic heterocycles. The number of ether oxygens (including phenoxy) is 1. The van der Waals surface area contributed by atoms with Gasteiger partial charge in [0.05, 0.1) is 24.3 Å². The summed E-state index contributed by atoms with van der Waals surface area (Å²) in [5.41, 5.74) is 3.95. The van der Waals surface area contributed by atoms with Crippen LogP contribution in [0.25, 0.3) is 11.0 Å². The van der Waals surface area contributed by atoms with E-state index in [1.807, 2.05) is 60.7 Å². The lowest BCUT2D eigenvalue weighted by atomic mass is 10.1. The van der Waals surface area contributed by atoms with E-state index in [0.717, 1.165) is 28.0 Å². The van der Waals surface area contributed by atoms with Crippen LogP contribution in [0.15, 0.2) is 79.0 Å². The third kappa shape index (κ3) is 4.50. The molecule has 0 aliphatic rings. The smallest absolute Gasteiger partial charge is 0.251 e. The van der Waals surface area contributed by atoms with Crippen LogP contribution in [0.2, 0.25) is 0 Å². The summed E-state index contributed by atoms with van der Waals surface area (Å²) in [6.07, 6.45) is 1.68. The van der Waals surface area contributed by atoms with Crippen LogP contribution in [0.1, 0.15) is 15.9 Å². The maximum Gasteiger partial charge on any atom is 0.251 e. The lowest BCUT2D eigenvalue weighted by molar-refractivity contribution is 0.0951. The Kier molecular flexibility index (Phi) is 5.33. The Morgan fingerprint density at radius 2 is 1.79 bits per heavy atom. The van der Waals surface area contributed by atoms with Gasteiger partial charge >= 0.3 is 0 Å². The molecule has 0 atom stereocenters. The van der Waals surface area contributed by atoms with Gasteiger partial charge in [0.25, 0.3) is 5.91 Å². The van der Waals surface area contributed by atoms with E-state index in [0.29, 0.717) is 17.9 Å². The third-order valence-electron chi connectivity index (χ3n) is 4.43. The van der Waals surface area contributed by atoms with Crippen LogP contribution in [0, 0.1) is 0 Å². The van der Waals surface area contributed by atoms with Gasteiger partial charge in [0.1, 0.15) is 11.6 Å². The summed E-state index contributed by atoms with van der Waals surface area (Å²) in [4.78, 5) is 21.5. The first kappa shape index (κ1) is 18.4. The number of benzene rings is 3. The molecule has 6 nitrogen and oxygen atoms in total. The molecule has 4 rings (SSSR count). The first-order chi connectivity index (χ1) is 14.2. The standard InChI is InChI=1S/C23H20N4O2/c1-29-19-9-4-6-16(12-19)14-25-23(28)17-7-5-8-18(13-17)26-22-15-24-20-10-2-3-11-21(20)27-22/h2-13,15H,14H2,1H3,(H,25,28)(H,26,27). The van der Waals surface area contributed by atoms with Gasteiger partial charge in [-0.05, 0) is 48.0 Å². The number of rotatable bonds is 6. The number of nitrogens with one attached hydrogen (secondary N) is 2. The average Bonchev–Trinajstić information content (AvgIpc) is 2.77. The maximum absolute atomic E-state index is 12.6. The number of carbonyl (C=O) groups excluding carboxylic acids is 1. The normalized spacial score (nSPS) is 10.5. The van der Waals surface area contributed by atoms with Crippen LogP contribution in [0.3, 0.4) is 0 Å². The van der Waals surface area contributed by atoms with E-state index >= 15 is 0 Å². The third-order valence-corrected chi connectivity index (χ3v) is 4.43. The summed E-state index contributed by atoms with van der Waals surface area (Å²) < 4.78 is 5.21. The van der Waals surface area contributed by atoms with Gasteiger partial charge in [-0.1, -0.05) is 30.3 Å². The van der Waals surface area contributed by atoms with Gasteiger partial charge in [-0.15, -0.1) is 0 Å². The lowest BCUT2D eigenvalue weighted by Crippen LogP contribution is -2.22. The van der Waals surface area contributed by atoms with Crippen molar-refractivity contribution in [2.45, 2.75) is 6.54 Å². The fourth-order valence-electron chi connectivity index (χ4n) is 2.97. The minimum Gasteiger partial charge on any atom is -0.497 e. The van der Waals surface area contributed by atoms with Crippen molar-refractivity contribution in [2.24, 2.45) is 0 Å². The van der Waals surface area contributed by atoms with Gasteiger partial charge in [0.15, 0.2) is 0 Å².